The Morgan fingerprint density at radius 2 is 1.73 bits per heavy atom. The molecular formula is C21H24N2O3. The predicted octanol–water partition coefficient (Wildman–Crippen LogP) is 3.26. The van der Waals surface area contributed by atoms with E-state index in [1.165, 1.54) is 18.7 Å². The van der Waals surface area contributed by atoms with Crippen molar-refractivity contribution in [3.63, 3.8) is 0 Å². The van der Waals surface area contributed by atoms with Crippen molar-refractivity contribution in [2.24, 2.45) is 0 Å². The predicted molar refractivity (Wildman–Crippen MR) is 102 cm³/mol. The third kappa shape index (κ3) is 5.55. The van der Waals surface area contributed by atoms with Crippen LogP contribution >= 0.6 is 0 Å². The van der Waals surface area contributed by atoms with Gasteiger partial charge >= 0.3 is 0 Å². The average molecular weight is 352 g/mol. The van der Waals surface area contributed by atoms with Gasteiger partial charge in [0.2, 0.25) is 11.8 Å². The zero-order valence-corrected chi connectivity index (χ0v) is 15.4. The summed E-state index contributed by atoms with van der Waals surface area (Å²) in [7, 11) is 0. The number of benzene rings is 2. The topological polar surface area (TPSA) is 66.5 Å². The quantitative estimate of drug-likeness (QED) is 0.778. The fourth-order valence-electron chi connectivity index (χ4n) is 2.69. The first-order valence-corrected chi connectivity index (χ1v) is 8.58. The Labute approximate surface area is 154 Å². The van der Waals surface area contributed by atoms with E-state index in [-0.39, 0.29) is 30.6 Å². The van der Waals surface area contributed by atoms with Crippen LogP contribution < -0.4 is 10.2 Å². The number of carbonyl (C=O) groups is 3. The number of aryl methyl sites for hydroxylation is 1. The summed E-state index contributed by atoms with van der Waals surface area (Å²) in [5.41, 5.74) is 3.34. The number of hydrogen-bond donors (Lipinski definition) is 1. The SMILES string of the molecule is CC(=O)c1cccc(N(CCC(=O)NCc2cccc(C)c2)C(C)=O)c1. The Hall–Kier alpha value is -2.95. The van der Waals surface area contributed by atoms with Gasteiger partial charge in [-0.05, 0) is 31.5 Å². The van der Waals surface area contributed by atoms with Crippen molar-refractivity contribution in [2.75, 3.05) is 11.4 Å². The molecule has 0 aliphatic carbocycles. The number of amides is 2. The standard InChI is InChI=1S/C21H24N2O3/c1-15-6-4-7-18(12-15)14-22-21(26)10-11-23(17(3)25)20-9-5-8-19(13-20)16(2)24/h4-9,12-13H,10-11,14H2,1-3H3,(H,22,26). The highest BCUT2D eigenvalue weighted by Crippen LogP contribution is 2.17. The first-order valence-electron chi connectivity index (χ1n) is 8.58. The molecule has 0 spiro atoms. The van der Waals surface area contributed by atoms with Crippen LogP contribution in [0.25, 0.3) is 0 Å². The molecule has 136 valence electrons. The number of ketones is 1. The summed E-state index contributed by atoms with van der Waals surface area (Å²) in [5.74, 6) is -0.357. The normalized spacial score (nSPS) is 10.3. The van der Waals surface area contributed by atoms with Crippen LogP contribution in [0.1, 0.15) is 41.8 Å². The second-order valence-corrected chi connectivity index (χ2v) is 6.29. The summed E-state index contributed by atoms with van der Waals surface area (Å²) >= 11 is 0. The third-order valence-electron chi connectivity index (χ3n) is 4.08. The van der Waals surface area contributed by atoms with Gasteiger partial charge in [0.05, 0.1) is 0 Å². The van der Waals surface area contributed by atoms with Gasteiger partial charge in [-0.1, -0.05) is 42.0 Å². The van der Waals surface area contributed by atoms with Gasteiger partial charge in [0.25, 0.3) is 0 Å². The molecule has 2 amide bonds. The first-order chi connectivity index (χ1) is 12.4. The van der Waals surface area contributed by atoms with E-state index < -0.39 is 0 Å². The minimum Gasteiger partial charge on any atom is -0.352 e. The molecule has 0 bridgehead atoms. The number of Topliss-reactive ketones (excluding diaryl/α,β-unsaturated/α-hetero) is 1. The van der Waals surface area contributed by atoms with Crippen molar-refractivity contribution >= 4 is 23.3 Å². The summed E-state index contributed by atoms with van der Waals surface area (Å²) in [6.07, 6.45) is 0.190. The molecule has 2 aromatic rings. The molecule has 0 atom stereocenters. The third-order valence-corrected chi connectivity index (χ3v) is 4.08. The Kier molecular flexibility index (Phi) is 6.67. The van der Waals surface area contributed by atoms with Gasteiger partial charge in [0, 0.05) is 37.7 Å². The van der Waals surface area contributed by atoms with Crippen LogP contribution in [0.15, 0.2) is 48.5 Å². The van der Waals surface area contributed by atoms with E-state index in [1.807, 2.05) is 31.2 Å². The van der Waals surface area contributed by atoms with Crippen LogP contribution in [0.5, 0.6) is 0 Å². The molecule has 0 saturated heterocycles. The molecule has 5 heteroatoms. The summed E-state index contributed by atoms with van der Waals surface area (Å²) in [5, 5.41) is 2.87. The lowest BCUT2D eigenvalue weighted by Crippen LogP contribution is -2.33. The Balaban J connectivity index is 1.95. The molecule has 0 radical (unpaired) electrons. The second kappa shape index (κ2) is 8.94. The summed E-state index contributed by atoms with van der Waals surface area (Å²) < 4.78 is 0. The van der Waals surface area contributed by atoms with Crippen molar-refractivity contribution in [2.45, 2.75) is 33.7 Å². The van der Waals surface area contributed by atoms with E-state index in [9.17, 15) is 14.4 Å². The summed E-state index contributed by atoms with van der Waals surface area (Å²) in [4.78, 5) is 37.1. The minimum atomic E-state index is -0.169. The zero-order chi connectivity index (χ0) is 19.1. The van der Waals surface area contributed by atoms with Crippen LogP contribution in [0.3, 0.4) is 0 Å². The van der Waals surface area contributed by atoms with Gasteiger partial charge in [-0.3, -0.25) is 14.4 Å². The largest absolute Gasteiger partial charge is 0.352 e. The van der Waals surface area contributed by atoms with Gasteiger partial charge < -0.3 is 10.2 Å². The maximum Gasteiger partial charge on any atom is 0.223 e. The van der Waals surface area contributed by atoms with E-state index in [0.717, 1.165) is 11.1 Å². The van der Waals surface area contributed by atoms with Crippen LogP contribution in [-0.2, 0) is 16.1 Å². The van der Waals surface area contributed by atoms with Crippen molar-refractivity contribution < 1.29 is 14.4 Å². The highest BCUT2D eigenvalue weighted by atomic mass is 16.2. The highest BCUT2D eigenvalue weighted by Gasteiger charge is 2.14. The Bertz CT molecular complexity index is 814. The molecule has 2 aromatic carbocycles. The molecule has 0 heterocycles. The van der Waals surface area contributed by atoms with Gasteiger partial charge in [-0.25, -0.2) is 0 Å². The van der Waals surface area contributed by atoms with Crippen molar-refractivity contribution in [3.8, 4) is 0 Å². The molecule has 26 heavy (non-hydrogen) atoms. The Morgan fingerprint density at radius 3 is 2.38 bits per heavy atom. The van der Waals surface area contributed by atoms with Gasteiger partial charge in [-0.2, -0.15) is 0 Å². The van der Waals surface area contributed by atoms with Crippen molar-refractivity contribution in [1.82, 2.24) is 5.32 Å². The molecule has 5 nitrogen and oxygen atoms in total. The van der Waals surface area contributed by atoms with Crippen molar-refractivity contribution in [3.05, 3.63) is 65.2 Å². The number of anilines is 1. The summed E-state index contributed by atoms with van der Waals surface area (Å²) in [6, 6.07) is 14.8. The van der Waals surface area contributed by atoms with E-state index in [1.54, 1.807) is 24.3 Å². The zero-order valence-electron chi connectivity index (χ0n) is 15.4. The number of nitrogens with zero attached hydrogens (tertiary/aromatic N) is 1. The van der Waals surface area contributed by atoms with E-state index in [4.69, 9.17) is 0 Å². The van der Waals surface area contributed by atoms with Crippen LogP contribution in [0.4, 0.5) is 5.69 Å². The molecule has 2 rings (SSSR count). The van der Waals surface area contributed by atoms with E-state index >= 15 is 0 Å². The molecule has 0 unspecified atom stereocenters. The summed E-state index contributed by atoms with van der Waals surface area (Å²) in [6.45, 7) is 5.66. The number of carbonyl (C=O) groups excluding carboxylic acids is 3. The van der Waals surface area contributed by atoms with Crippen molar-refractivity contribution in [1.29, 1.82) is 0 Å². The average Bonchev–Trinajstić information content (AvgIpc) is 2.60. The van der Waals surface area contributed by atoms with Gasteiger partial charge in [0.1, 0.15) is 0 Å². The lowest BCUT2D eigenvalue weighted by atomic mass is 10.1. The minimum absolute atomic E-state index is 0.0637. The van der Waals surface area contributed by atoms with Gasteiger partial charge in [-0.15, -0.1) is 0 Å². The maximum absolute atomic E-state index is 12.1. The highest BCUT2D eigenvalue weighted by molar-refractivity contribution is 5.97. The number of nitrogens with one attached hydrogen (secondary N) is 1. The molecule has 0 saturated carbocycles. The monoisotopic (exact) mass is 352 g/mol. The van der Waals surface area contributed by atoms with Gasteiger partial charge in [0.15, 0.2) is 5.78 Å². The lowest BCUT2D eigenvalue weighted by Gasteiger charge is -2.21. The molecule has 0 aliphatic rings. The van der Waals surface area contributed by atoms with Crippen LogP contribution in [0.2, 0.25) is 0 Å². The maximum atomic E-state index is 12.1. The molecule has 0 aromatic heterocycles. The van der Waals surface area contributed by atoms with E-state index in [0.29, 0.717) is 17.8 Å². The molecule has 0 aliphatic heterocycles. The lowest BCUT2D eigenvalue weighted by molar-refractivity contribution is -0.121. The van der Waals surface area contributed by atoms with Crippen LogP contribution in [0, 0.1) is 6.92 Å². The smallest absolute Gasteiger partial charge is 0.223 e. The Morgan fingerprint density at radius 1 is 1.00 bits per heavy atom. The molecule has 0 fully saturated rings. The number of rotatable bonds is 7. The van der Waals surface area contributed by atoms with E-state index in [2.05, 4.69) is 5.32 Å². The first kappa shape index (κ1) is 19.4. The number of hydrogen-bond acceptors (Lipinski definition) is 3. The second-order valence-electron chi connectivity index (χ2n) is 6.29. The fraction of sp³-hybridized carbons (Fsp3) is 0.286. The molecular weight excluding hydrogens is 328 g/mol. The fourth-order valence-corrected chi connectivity index (χ4v) is 2.69. The van der Waals surface area contributed by atoms with Crippen LogP contribution in [-0.4, -0.2) is 24.1 Å². The molecule has 1 N–H and O–H groups in total.